The Kier molecular flexibility index (Phi) is 2.70. The van der Waals surface area contributed by atoms with Crippen molar-refractivity contribution < 1.29 is 4.79 Å². The van der Waals surface area contributed by atoms with E-state index >= 15 is 0 Å². The van der Waals surface area contributed by atoms with E-state index < -0.39 is 0 Å². The van der Waals surface area contributed by atoms with Gasteiger partial charge in [-0.3, -0.25) is 9.89 Å². The van der Waals surface area contributed by atoms with E-state index in [2.05, 4.69) is 10.2 Å². The van der Waals surface area contributed by atoms with Crippen LogP contribution in [0.4, 0.5) is 0 Å². The van der Waals surface area contributed by atoms with Crippen molar-refractivity contribution in [3.63, 3.8) is 0 Å². The van der Waals surface area contributed by atoms with Gasteiger partial charge in [0.2, 0.25) is 0 Å². The molecule has 1 aromatic heterocycles. The maximum atomic E-state index is 11.6. The van der Waals surface area contributed by atoms with Crippen LogP contribution in [0.1, 0.15) is 35.8 Å². The van der Waals surface area contributed by atoms with Gasteiger partial charge in [-0.05, 0) is 5.92 Å². The van der Waals surface area contributed by atoms with E-state index in [0.717, 1.165) is 5.69 Å². The molecule has 0 atom stereocenters. The predicted molar refractivity (Wildman–Crippen MR) is 50.7 cm³/mol. The number of carbonyl (C=O) groups excluding carboxylic acids is 1. The average Bonchev–Trinajstić information content (AvgIpc) is 2.50. The van der Waals surface area contributed by atoms with Crippen LogP contribution in [-0.2, 0) is 0 Å². The summed E-state index contributed by atoms with van der Waals surface area (Å²) in [5.41, 5.74) is 1.57. The number of aromatic amines is 1. The number of amides is 1. The minimum atomic E-state index is -0.00236. The number of nitrogens with zero attached hydrogens (tertiary/aromatic N) is 2. The smallest absolute Gasteiger partial charge is 0.256 e. The summed E-state index contributed by atoms with van der Waals surface area (Å²) < 4.78 is 0. The summed E-state index contributed by atoms with van der Waals surface area (Å²) >= 11 is 0. The zero-order valence-corrected chi connectivity index (χ0v) is 8.46. The topological polar surface area (TPSA) is 49.0 Å². The van der Waals surface area contributed by atoms with E-state index in [-0.39, 0.29) is 5.91 Å². The Labute approximate surface area is 77.9 Å². The molecule has 0 fully saturated rings. The molecular weight excluding hydrogens is 166 g/mol. The number of rotatable bonds is 2. The molecule has 1 N–H and O–H groups in total. The molecule has 0 radical (unpaired) electrons. The summed E-state index contributed by atoms with van der Waals surface area (Å²) in [5.74, 6) is 0.291. The van der Waals surface area contributed by atoms with Crippen LogP contribution in [-0.4, -0.2) is 35.1 Å². The zero-order chi connectivity index (χ0) is 10.0. The van der Waals surface area contributed by atoms with Crippen molar-refractivity contribution in [3.05, 3.63) is 17.5 Å². The first-order valence-electron chi connectivity index (χ1n) is 4.29. The highest BCUT2D eigenvalue weighted by atomic mass is 16.2. The quantitative estimate of drug-likeness (QED) is 0.746. The van der Waals surface area contributed by atoms with Gasteiger partial charge in [-0.15, -0.1) is 0 Å². The SMILES string of the molecule is CC(C)c1[nH]ncc1C(=O)N(C)C. The van der Waals surface area contributed by atoms with E-state index in [9.17, 15) is 4.79 Å². The van der Waals surface area contributed by atoms with Crippen molar-refractivity contribution in [3.8, 4) is 0 Å². The third kappa shape index (κ3) is 1.88. The summed E-state index contributed by atoms with van der Waals surface area (Å²) in [6.45, 7) is 4.06. The molecule has 1 heterocycles. The van der Waals surface area contributed by atoms with E-state index in [1.165, 1.54) is 0 Å². The van der Waals surface area contributed by atoms with Gasteiger partial charge in [0, 0.05) is 14.1 Å². The molecule has 0 saturated carbocycles. The van der Waals surface area contributed by atoms with Crippen molar-refractivity contribution in [2.75, 3.05) is 14.1 Å². The largest absolute Gasteiger partial charge is 0.345 e. The summed E-state index contributed by atoms with van der Waals surface area (Å²) in [5, 5.41) is 6.72. The third-order valence-corrected chi connectivity index (χ3v) is 1.88. The van der Waals surface area contributed by atoms with Crippen LogP contribution >= 0.6 is 0 Å². The van der Waals surface area contributed by atoms with E-state index in [0.29, 0.717) is 11.5 Å². The molecule has 0 spiro atoms. The summed E-state index contributed by atoms with van der Waals surface area (Å²) in [7, 11) is 3.47. The molecule has 0 aliphatic rings. The number of aromatic nitrogens is 2. The van der Waals surface area contributed by atoms with Crippen LogP contribution in [0.25, 0.3) is 0 Å². The molecule has 0 bridgehead atoms. The Bertz CT molecular complexity index is 302. The Hall–Kier alpha value is -1.32. The molecule has 4 heteroatoms. The second kappa shape index (κ2) is 3.60. The van der Waals surface area contributed by atoms with Gasteiger partial charge >= 0.3 is 0 Å². The molecule has 0 aliphatic heterocycles. The first-order valence-corrected chi connectivity index (χ1v) is 4.29. The highest BCUT2D eigenvalue weighted by molar-refractivity contribution is 5.94. The maximum absolute atomic E-state index is 11.6. The monoisotopic (exact) mass is 181 g/mol. The molecule has 4 nitrogen and oxygen atoms in total. The van der Waals surface area contributed by atoms with Gasteiger partial charge in [-0.2, -0.15) is 5.10 Å². The van der Waals surface area contributed by atoms with Crippen molar-refractivity contribution >= 4 is 5.91 Å². The normalized spacial score (nSPS) is 10.5. The van der Waals surface area contributed by atoms with E-state index in [1.807, 2.05) is 13.8 Å². The van der Waals surface area contributed by atoms with Crippen molar-refractivity contribution in [1.82, 2.24) is 15.1 Å². The van der Waals surface area contributed by atoms with Gasteiger partial charge in [-0.1, -0.05) is 13.8 Å². The van der Waals surface area contributed by atoms with Gasteiger partial charge in [0.05, 0.1) is 17.5 Å². The summed E-state index contributed by atoms with van der Waals surface area (Å²) in [6, 6.07) is 0. The van der Waals surface area contributed by atoms with Gasteiger partial charge in [-0.25, -0.2) is 0 Å². The van der Waals surface area contributed by atoms with Crippen LogP contribution in [0.5, 0.6) is 0 Å². The minimum absolute atomic E-state index is 0.00236. The average molecular weight is 181 g/mol. The first-order chi connectivity index (χ1) is 6.04. The second-order valence-corrected chi connectivity index (χ2v) is 3.55. The Balaban J connectivity index is 3.01. The fraction of sp³-hybridized carbons (Fsp3) is 0.556. The second-order valence-electron chi connectivity index (χ2n) is 3.55. The van der Waals surface area contributed by atoms with Crippen LogP contribution in [0, 0.1) is 0 Å². The molecule has 72 valence electrons. The zero-order valence-electron chi connectivity index (χ0n) is 8.46. The maximum Gasteiger partial charge on any atom is 0.256 e. The molecule has 0 unspecified atom stereocenters. The molecule has 1 aromatic rings. The van der Waals surface area contributed by atoms with E-state index in [1.54, 1.807) is 25.2 Å². The van der Waals surface area contributed by atoms with Crippen LogP contribution in [0.15, 0.2) is 6.20 Å². The highest BCUT2D eigenvalue weighted by Crippen LogP contribution is 2.16. The van der Waals surface area contributed by atoms with Gasteiger partial charge < -0.3 is 4.90 Å². The number of hydrogen-bond donors (Lipinski definition) is 1. The van der Waals surface area contributed by atoms with Crippen molar-refractivity contribution in [1.29, 1.82) is 0 Å². The lowest BCUT2D eigenvalue weighted by Gasteiger charge is -2.11. The summed E-state index contributed by atoms with van der Waals surface area (Å²) in [4.78, 5) is 13.1. The number of carbonyl (C=O) groups is 1. The minimum Gasteiger partial charge on any atom is -0.345 e. The summed E-state index contributed by atoms with van der Waals surface area (Å²) in [6.07, 6.45) is 1.58. The number of nitrogens with one attached hydrogen (secondary N) is 1. The van der Waals surface area contributed by atoms with Crippen LogP contribution in [0.2, 0.25) is 0 Å². The molecule has 1 amide bonds. The van der Waals surface area contributed by atoms with Gasteiger partial charge in [0.25, 0.3) is 5.91 Å². The fourth-order valence-corrected chi connectivity index (χ4v) is 1.15. The molecular formula is C9H15N3O. The lowest BCUT2D eigenvalue weighted by Crippen LogP contribution is -2.22. The predicted octanol–water partition coefficient (Wildman–Crippen LogP) is 1.23. The molecule has 0 aromatic carbocycles. The number of hydrogen-bond acceptors (Lipinski definition) is 2. The lowest BCUT2D eigenvalue weighted by molar-refractivity contribution is 0.0826. The van der Waals surface area contributed by atoms with Crippen molar-refractivity contribution in [2.24, 2.45) is 0 Å². The molecule has 1 rings (SSSR count). The van der Waals surface area contributed by atoms with Crippen LogP contribution in [0.3, 0.4) is 0 Å². The standard InChI is InChI=1S/C9H15N3O/c1-6(2)8-7(5-10-11-8)9(13)12(3)4/h5-6H,1-4H3,(H,10,11). The molecule has 13 heavy (non-hydrogen) atoms. The first kappa shape index (κ1) is 9.77. The Morgan fingerprint density at radius 3 is 2.62 bits per heavy atom. The molecule has 0 saturated heterocycles. The molecule has 0 aliphatic carbocycles. The Morgan fingerprint density at radius 2 is 2.15 bits per heavy atom. The van der Waals surface area contributed by atoms with Gasteiger partial charge in [0.15, 0.2) is 0 Å². The highest BCUT2D eigenvalue weighted by Gasteiger charge is 2.16. The van der Waals surface area contributed by atoms with Crippen molar-refractivity contribution in [2.45, 2.75) is 19.8 Å². The Morgan fingerprint density at radius 1 is 1.54 bits per heavy atom. The van der Waals surface area contributed by atoms with Crippen LogP contribution < -0.4 is 0 Å². The fourth-order valence-electron chi connectivity index (χ4n) is 1.15. The third-order valence-electron chi connectivity index (χ3n) is 1.88. The van der Waals surface area contributed by atoms with Gasteiger partial charge in [0.1, 0.15) is 0 Å². The number of H-pyrrole nitrogens is 1. The lowest BCUT2D eigenvalue weighted by atomic mass is 10.1. The van der Waals surface area contributed by atoms with E-state index in [4.69, 9.17) is 0 Å².